The summed E-state index contributed by atoms with van der Waals surface area (Å²) in [6, 6.07) is 10.0. The Morgan fingerprint density at radius 2 is 1.91 bits per heavy atom. The molecule has 1 heterocycles. The lowest BCUT2D eigenvalue weighted by atomic mass is 10.2. The van der Waals surface area contributed by atoms with Crippen LogP contribution in [0.1, 0.15) is 11.1 Å². The minimum atomic E-state index is -0.723. The number of hydrogen-bond acceptors (Lipinski definition) is 4. The average Bonchev–Trinajstić information content (AvgIpc) is 2.89. The SMILES string of the molecule is COc1ccc(/C=C2\N=C(c3ccccc3F)OC2=O)cc1F. The summed E-state index contributed by atoms with van der Waals surface area (Å²) >= 11 is 0. The van der Waals surface area contributed by atoms with E-state index in [0.29, 0.717) is 5.56 Å². The molecule has 6 heteroatoms. The molecule has 4 nitrogen and oxygen atoms in total. The predicted octanol–water partition coefficient (Wildman–Crippen LogP) is 3.32. The zero-order chi connectivity index (χ0) is 16.4. The highest BCUT2D eigenvalue weighted by Gasteiger charge is 2.25. The van der Waals surface area contributed by atoms with Gasteiger partial charge in [0.25, 0.3) is 0 Å². The van der Waals surface area contributed by atoms with Crippen molar-refractivity contribution in [1.82, 2.24) is 0 Å². The van der Waals surface area contributed by atoms with Gasteiger partial charge in [-0.05, 0) is 35.9 Å². The summed E-state index contributed by atoms with van der Waals surface area (Å²) in [4.78, 5) is 15.8. The molecule has 0 fully saturated rings. The third-order valence-corrected chi connectivity index (χ3v) is 3.20. The Morgan fingerprint density at radius 3 is 2.61 bits per heavy atom. The molecule has 0 unspecified atom stereocenters. The standard InChI is InChI=1S/C17H11F2NO3/c1-22-15-7-6-10(8-13(15)19)9-14-17(21)23-16(20-14)11-4-2-3-5-12(11)18/h2-9H,1H3/b14-9-. The van der Waals surface area contributed by atoms with Crippen molar-refractivity contribution in [3.8, 4) is 5.75 Å². The summed E-state index contributed by atoms with van der Waals surface area (Å²) in [6.07, 6.45) is 1.36. The largest absolute Gasteiger partial charge is 0.494 e. The zero-order valence-corrected chi connectivity index (χ0v) is 12.0. The first-order chi connectivity index (χ1) is 11.1. The van der Waals surface area contributed by atoms with E-state index in [1.165, 1.54) is 43.5 Å². The Bertz CT molecular complexity index is 843. The Morgan fingerprint density at radius 1 is 1.13 bits per heavy atom. The van der Waals surface area contributed by atoms with Crippen LogP contribution in [0.15, 0.2) is 53.2 Å². The third kappa shape index (κ3) is 2.96. The molecule has 0 aliphatic carbocycles. The lowest BCUT2D eigenvalue weighted by molar-refractivity contribution is -0.129. The summed E-state index contributed by atoms with van der Waals surface area (Å²) in [7, 11) is 1.36. The first kappa shape index (κ1) is 14.9. The summed E-state index contributed by atoms with van der Waals surface area (Å²) < 4.78 is 37.2. The number of methoxy groups -OCH3 is 1. The molecule has 2 aromatic carbocycles. The van der Waals surface area contributed by atoms with E-state index in [9.17, 15) is 13.6 Å². The first-order valence-corrected chi connectivity index (χ1v) is 6.69. The van der Waals surface area contributed by atoms with Gasteiger partial charge in [0, 0.05) is 0 Å². The van der Waals surface area contributed by atoms with Crippen LogP contribution in [0.2, 0.25) is 0 Å². The molecule has 0 N–H and O–H groups in total. The molecule has 0 saturated carbocycles. The molecule has 3 rings (SSSR count). The van der Waals surface area contributed by atoms with Gasteiger partial charge in [0.05, 0.1) is 12.7 Å². The fraction of sp³-hybridized carbons (Fsp3) is 0.0588. The smallest absolute Gasteiger partial charge is 0.363 e. The number of benzene rings is 2. The zero-order valence-electron chi connectivity index (χ0n) is 12.0. The van der Waals surface area contributed by atoms with Crippen LogP contribution in [0.3, 0.4) is 0 Å². The van der Waals surface area contributed by atoms with E-state index in [4.69, 9.17) is 9.47 Å². The maximum atomic E-state index is 13.7. The quantitative estimate of drug-likeness (QED) is 0.645. The van der Waals surface area contributed by atoms with Gasteiger partial charge < -0.3 is 9.47 Å². The summed E-state index contributed by atoms with van der Waals surface area (Å²) in [5.74, 6) is -1.85. The number of halogens is 2. The van der Waals surface area contributed by atoms with Crippen LogP contribution in [-0.2, 0) is 9.53 Å². The van der Waals surface area contributed by atoms with Gasteiger partial charge in [0.2, 0.25) is 5.90 Å². The van der Waals surface area contributed by atoms with E-state index >= 15 is 0 Å². The van der Waals surface area contributed by atoms with Crippen molar-refractivity contribution in [2.75, 3.05) is 7.11 Å². The van der Waals surface area contributed by atoms with Crippen molar-refractivity contribution in [2.45, 2.75) is 0 Å². The Labute approximate surface area is 130 Å². The maximum absolute atomic E-state index is 13.7. The molecule has 0 saturated heterocycles. The van der Waals surface area contributed by atoms with Crippen LogP contribution in [0.4, 0.5) is 8.78 Å². The summed E-state index contributed by atoms with van der Waals surface area (Å²) in [6.45, 7) is 0. The monoisotopic (exact) mass is 315 g/mol. The number of carbonyl (C=O) groups is 1. The van der Waals surface area contributed by atoms with Crippen molar-refractivity contribution >= 4 is 17.9 Å². The van der Waals surface area contributed by atoms with Crippen molar-refractivity contribution in [2.24, 2.45) is 4.99 Å². The highest BCUT2D eigenvalue weighted by atomic mass is 19.1. The molecule has 0 amide bonds. The van der Waals surface area contributed by atoms with Crippen LogP contribution < -0.4 is 4.74 Å². The van der Waals surface area contributed by atoms with Crippen LogP contribution >= 0.6 is 0 Å². The van der Waals surface area contributed by atoms with Crippen molar-refractivity contribution in [3.63, 3.8) is 0 Å². The molecule has 23 heavy (non-hydrogen) atoms. The average molecular weight is 315 g/mol. The lowest BCUT2D eigenvalue weighted by Crippen LogP contribution is -2.07. The highest BCUT2D eigenvalue weighted by Crippen LogP contribution is 2.23. The second-order valence-corrected chi connectivity index (χ2v) is 4.71. The molecular formula is C17H11F2NO3. The molecule has 0 radical (unpaired) electrons. The summed E-state index contributed by atoms with van der Waals surface area (Å²) in [5.41, 5.74) is 0.465. The number of esters is 1. The van der Waals surface area contributed by atoms with Crippen molar-refractivity contribution in [3.05, 3.63) is 70.9 Å². The minimum Gasteiger partial charge on any atom is -0.494 e. The lowest BCUT2D eigenvalue weighted by Gasteiger charge is -2.01. The van der Waals surface area contributed by atoms with Gasteiger partial charge >= 0.3 is 5.97 Å². The molecule has 116 valence electrons. The number of rotatable bonds is 3. The third-order valence-electron chi connectivity index (χ3n) is 3.20. The fourth-order valence-electron chi connectivity index (χ4n) is 2.09. The molecule has 0 aromatic heterocycles. The number of hydrogen-bond donors (Lipinski definition) is 0. The molecule has 1 aliphatic rings. The highest BCUT2D eigenvalue weighted by molar-refractivity contribution is 6.12. The molecule has 0 spiro atoms. The van der Waals surface area contributed by atoms with Gasteiger partial charge in [-0.3, -0.25) is 0 Å². The van der Waals surface area contributed by atoms with Gasteiger partial charge in [-0.2, -0.15) is 0 Å². The van der Waals surface area contributed by atoms with E-state index in [1.54, 1.807) is 12.1 Å². The molecule has 0 atom stereocenters. The Hall–Kier alpha value is -3.02. The van der Waals surface area contributed by atoms with Crippen molar-refractivity contribution < 1.29 is 23.0 Å². The van der Waals surface area contributed by atoms with Crippen molar-refractivity contribution in [1.29, 1.82) is 0 Å². The number of aliphatic imine (C=N–C) groups is 1. The van der Waals surface area contributed by atoms with Gasteiger partial charge in [-0.15, -0.1) is 0 Å². The van der Waals surface area contributed by atoms with Crippen LogP contribution in [-0.4, -0.2) is 19.0 Å². The van der Waals surface area contributed by atoms with Gasteiger partial charge in [0.1, 0.15) is 5.82 Å². The molecule has 1 aliphatic heterocycles. The molecular weight excluding hydrogens is 304 g/mol. The van der Waals surface area contributed by atoms with Gasteiger partial charge in [-0.25, -0.2) is 18.6 Å². The molecule has 2 aromatic rings. The van der Waals surface area contributed by atoms with E-state index in [-0.39, 0.29) is 22.9 Å². The summed E-state index contributed by atoms with van der Waals surface area (Å²) in [5, 5.41) is 0. The normalized spacial score (nSPS) is 15.5. The number of carbonyl (C=O) groups excluding carboxylic acids is 1. The number of cyclic esters (lactones) is 1. The van der Waals surface area contributed by atoms with E-state index in [1.807, 2.05) is 0 Å². The number of ether oxygens (including phenoxy) is 2. The van der Waals surface area contributed by atoms with Gasteiger partial charge in [-0.1, -0.05) is 18.2 Å². The van der Waals surface area contributed by atoms with E-state index in [2.05, 4.69) is 4.99 Å². The Balaban J connectivity index is 1.95. The van der Waals surface area contributed by atoms with E-state index < -0.39 is 17.6 Å². The van der Waals surface area contributed by atoms with Crippen LogP contribution in [0, 0.1) is 11.6 Å². The van der Waals surface area contributed by atoms with Gasteiger partial charge in [0.15, 0.2) is 17.3 Å². The second-order valence-electron chi connectivity index (χ2n) is 4.71. The second kappa shape index (κ2) is 6.00. The first-order valence-electron chi connectivity index (χ1n) is 6.69. The molecule has 0 bridgehead atoms. The van der Waals surface area contributed by atoms with E-state index in [0.717, 1.165) is 0 Å². The minimum absolute atomic E-state index is 0.0344. The maximum Gasteiger partial charge on any atom is 0.363 e. The fourth-order valence-corrected chi connectivity index (χ4v) is 2.09. The Kier molecular flexibility index (Phi) is 3.89. The predicted molar refractivity (Wildman–Crippen MR) is 80.0 cm³/mol. The van der Waals surface area contributed by atoms with Crippen LogP contribution in [0.5, 0.6) is 5.75 Å². The topological polar surface area (TPSA) is 47.9 Å². The number of nitrogens with zero attached hydrogens (tertiary/aromatic N) is 1. The van der Waals surface area contributed by atoms with Crippen LogP contribution in [0.25, 0.3) is 6.08 Å².